The highest BCUT2D eigenvalue weighted by molar-refractivity contribution is 6.05. The van der Waals surface area contributed by atoms with E-state index in [1.807, 2.05) is 0 Å². The Labute approximate surface area is 167 Å². The van der Waals surface area contributed by atoms with Crippen molar-refractivity contribution in [3.8, 4) is 11.3 Å². The van der Waals surface area contributed by atoms with Gasteiger partial charge >= 0.3 is 0 Å². The van der Waals surface area contributed by atoms with Gasteiger partial charge in [-0.2, -0.15) is 0 Å². The van der Waals surface area contributed by atoms with Gasteiger partial charge in [0.15, 0.2) is 0 Å². The lowest BCUT2D eigenvalue weighted by Crippen LogP contribution is -2.27. The summed E-state index contributed by atoms with van der Waals surface area (Å²) in [4.78, 5) is 35.1. The molecular formula is C22H19FN4O2. The molecule has 7 heteroatoms. The van der Waals surface area contributed by atoms with Gasteiger partial charge in [0, 0.05) is 47.9 Å². The number of carbonyl (C=O) groups is 2. The van der Waals surface area contributed by atoms with Gasteiger partial charge in [0.25, 0.3) is 11.8 Å². The first-order valence-electron chi connectivity index (χ1n) is 9.38. The molecule has 2 amide bonds. The van der Waals surface area contributed by atoms with E-state index in [2.05, 4.69) is 15.3 Å². The lowest BCUT2D eigenvalue weighted by molar-refractivity contribution is 0.0792. The first kappa shape index (κ1) is 18.7. The van der Waals surface area contributed by atoms with Crippen molar-refractivity contribution in [1.82, 2.24) is 14.9 Å². The third-order valence-corrected chi connectivity index (χ3v) is 4.78. The minimum Gasteiger partial charge on any atom is -0.339 e. The molecule has 1 aliphatic rings. The van der Waals surface area contributed by atoms with Gasteiger partial charge in [-0.25, -0.2) is 4.39 Å². The first-order chi connectivity index (χ1) is 14.1. The lowest BCUT2D eigenvalue weighted by Gasteiger charge is -2.16. The van der Waals surface area contributed by atoms with Crippen LogP contribution < -0.4 is 5.32 Å². The maximum atomic E-state index is 14.1. The van der Waals surface area contributed by atoms with E-state index in [0.717, 1.165) is 32.0 Å². The standard InChI is InChI=1S/C22H19FN4O2/c23-18-11-16(20-14-24-6-7-25-20)10-17(12-18)21(28)26-19-5-3-4-15(13-19)22(29)27-8-1-2-9-27/h3-7,10-14H,1-2,8-9H2,(H,26,28). The molecule has 6 nitrogen and oxygen atoms in total. The van der Waals surface area contributed by atoms with Crippen molar-refractivity contribution in [3.05, 3.63) is 78.0 Å². The van der Waals surface area contributed by atoms with E-state index in [9.17, 15) is 14.0 Å². The zero-order chi connectivity index (χ0) is 20.2. The number of anilines is 1. The molecule has 0 atom stereocenters. The highest BCUT2D eigenvalue weighted by Gasteiger charge is 2.20. The van der Waals surface area contributed by atoms with Crippen LogP contribution in [0.1, 0.15) is 33.6 Å². The molecule has 0 unspecified atom stereocenters. The van der Waals surface area contributed by atoms with E-state index in [1.165, 1.54) is 24.7 Å². The van der Waals surface area contributed by atoms with E-state index in [0.29, 0.717) is 22.5 Å². The van der Waals surface area contributed by atoms with Crippen molar-refractivity contribution in [3.63, 3.8) is 0 Å². The van der Waals surface area contributed by atoms with Crippen LogP contribution in [-0.4, -0.2) is 39.8 Å². The third kappa shape index (κ3) is 4.29. The number of amides is 2. The molecule has 2 aromatic carbocycles. The largest absolute Gasteiger partial charge is 0.339 e. The van der Waals surface area contributed by atoms with Gasteiger partial charge in [0.2, 0.25) is 0 Å². The second-order valence-corrected chi connectivity index (χ2v) is 6.85. The SMILES string of the molecule is O=C(Nc1cccc(C(=O)N2CCCC2)c1)c1cc(F)cc(-c2cnccn2)c1. The average Bonchev–Trinajstić information content (AvgIpc) is 3.28. The van der Waals surface area contributed by atoms with Gasteiger partial charge in [-0.3, -0.25) is 19.6 Å². The Hall–Kier alpha value is -3.61. The fourth-order valence-corrected chi connectivity index (χ4v) is 3.35. The Kier molecular flexibility index (Phi) is 5.29. The molecule has 2 heterocycles. The van der Waals surface area contributed by atoms with Crippen molar-refractivity contribution >= 4 is 17.5 Å². The van der Waals surface area contributed by atoms with Gasteiger partial charge in [-0.05, 0) is 49.2 Å². The number of likely N-dealkylation sites (tertiary alicyclic amines) is 1. The molecule has 1 N–H and O–H groups in total. The van der Waals surface area contributed by atoms with E-state index in [1.54, 1.807) is 35.2 Å². The van der Waals surface area contributed by atoms with E-state index in [-0.39, 0.29) is 11.5 Å². The van der Waals surface area contributed by atoms with Crippen LogP contribution in [0.4, 0.5) is 10.1 Å². The van der Waals surface area contributed by atoms with Gasteiger partial charge < -0.3 is 10.2 Å². The highest BCUT2D eigenvalue weighted by Crippen LogP contribution is 2.21. The number of halogens is 1. The van der Waals surface area contributed by atoms with E-state index in [4.69, 9.17) is 0 Å². The average molecular weight is 390 g/mol. The summed E-state index contributed by atoms with van der Waals surface area (Å²) in [5, 5.41) is 2.74. The number of carbonyl (C=O) groups excluding carboxylic acids is 2. The van der Waals surface area contributed by atoms with Crippen LogP contribution in [-0.2, 0) is 0 Å². The minimum absolute atomic E-state index is 0.0470. The molecule has 1 fully saturated rings. The number of hydrogen-bond acceptors (Lipinski definition) is 4. The quantitative estimate of drug-likeness (QED) is 0.736. The zero-order valence-corrected chi connectivity index (χ0v) is 15.6. The lowest BCUT2D eigenvalue weighted by atomic mass is 10.1. The fourth-order valence-electron chi connectivity index (χ4n) is 3.35. The molecule has 1 saturated heterocycles. The summed E-state index contributed by atoms with van der Waals surface area (Å²) in [7, 11) is 0. The Bertz CT molecular complexity index is 1050. The van der Waals surface area contributed by atoms with Crippen molar-refractivity contribution < 1.29 is 14.0 Å². The molecule has 0 saturated carbocycles. The molecule has 0 radical (unpaired) electrons. The van der Waals surface area contributed by atoms with Crippen molar-refractivity contribution in [2.75, 3.05) is 18.4 Å². The zero-order valence-electron chi connectivity index (χ0n) is 15.6. The third-order valence-electron chi connectivity index (χ3n) is 4.78. The Morgan fingerprint density at radius 1 is 1.00 bits per heavy atom. The molecular weight excluding hydrogens is 371 g/mol. The van der Waals surface area contributed by atoms with Gasteiger partial charge in [0.1, 0.15) is 5.82 Å². The first-order valence-corrected chi connectivity index (χ1v) is 9.38. The molecule has 146 valence electrons. The smallest absolute Gasteiger partial charge is 0.255 e. The van der Waals surface area contributed by atoms with Crippen LogP contribution in [0.5, 0.6) is 0 Å². The van der Waals surface area contributed by atoms with Crippen LogP contribution >= 0.6 is 0 Å². The minimum atomic E-state index is -0.545. The fraction of sp³-hybridized carbons (Fsp3) is 0.182. The summed E-state index contributed by atoms with van der Waals surface area (Å²) in [6, 6.07) is 10.8. The second-order valence-electron chi connectivity index (χ2n) is 6.85. The van der Waals surface area contributed by atoms with Crippen LogP contribution in [0.25, 0.3) is 11.3 Å². The van der Waals surface area contributed by atoms with Gasteiger partial charge in [-0.15, -0.1) is 0 Å². The molecule has 0 bridgehead atoms. The monoisotopic (exact) mass is 390 g/mol. The van der Waals surface area contributed by atoms with Crippen LogP contribution in [0.3, 0.4) is 0 Å². The summed E-state index contributed by atoms with van der Waals surface area (Å²) in [5.74, 6) is -1.06. The number of aromatic nitrogens is 2. The normalized spacial score (nSPS) is 13.3. The summed E-state index contributed by atoms with van der Waals surface area (Å²) < 4.78 is 14.1. The molecule has 3 aromatic rings. The van der Waals surface area contributed by atoms with Crippen LogP contribution in [0.2, 0.25) is 0 Å². The predicted octanol–water partition coefficient (Wildman–Crippen LogP) is 3.77. The van der Waals surface area contributed by atoms with E-state index >= 15 is 0 Å². The molecule has 0 spiro atoms. The maximum absolute atomic E-state index is 14.1. The summed E-state index contributed by atoms with van der Waals surface area (Å²) in [6.45, 7) is 1.51. The number of nitrogens with one attached hydrogen (secondary N) is 1. The molecule has 1 aromatic heterocycles. The Morgan fingerprint density at radius 2 is 1.83 bits per heavy atom. The molecule has 29 heavy (non-hydrogen) atoms. The number of benzene rings is 2. The Morgan fingerprint density at radius 3 is 2.59 bits per heavy atom. The molecule has 1 aliphatic heterocycles. The van der Waals surface area contributed by atoms with Crippen LogP contribution in [0.15, 0.2) is 61.1 Å². The summed E-state index contributed by atoms with van der Waals surface area (Å²) >= 11 is 0. The number of hydrogen-bond donors (Lipinski definition) is 1. The maximum Gasteiger partial charge on any atom is 0.255 e. The van der Waals surface area contributed by atoms with Gasteiger partial charge in [0.05, 0.1) is 11.9 Å². The number of rotatable bonds is 4. The van der Waals surface area contributed by atoms with Gasteiger partial charge in [-0.1, -0.05) is 6.07 Å². The summed E-state index contributed by atoms with van der Waals surface area (Å²) in [5.41, 5.74) is 2.08. The topological polar surface area (TPSA) is 75.2 Å². The highest BCUT2D eigenvalue weighted by atomic mass is 19.1. The van der Waals surface area contributed by atoms with Crippen LogP contribution in [0, 0.1) is 5.82 Å². The van der Waals surface area contributed by atoms with Crippen molar-refractivity contribution in [2.45, 2.75) is 12.8 Å². The number of nitrogens with zero attached hydrogens (tertiary/aromatic N) is 3. The summed E-state index contributed by atoms with van der Waals surface area (Å²) in [6.07, 6.45) is 6.55. The van der Waals surface area contributed by atoms with Crippen molar-refractivity contribution in [2.24, 2.45) is 0 Å². The Balaban J connectivity index is 1.55. The van der Waals surface area contributed by atoms with E-state index < -0.39 is 11.7 Å². The second kappa shape index (κ2) is 8.18. The molecule has 0 aliphatic carbocycles. The molecule has 4 rings (SSSR count). The van der Waals surface area contributed by atoms with Crippen molar-refractivity contribution in [1.29, 1.82) is 0 Å². The predicted molar refractivity (Wildman–Crippen MR) is 107 cm³/mol.